The molecule has 3 aromatic rings. The minimum atomic E-state index is 0.493. The average molecular weight is 374 g/mol. The van der Waals surface area contributed by atoms with Gasteiger partial charge in [0.2, 0.25) is 4.77 Å². The highest BCUT2D eigenvalue weighted by Gasteiger charge is 2.11. The van der Waals surface area contributed by atoms with Gasteiger partial charge < -0.3 is 4.57 Å². The lowest BCUT2D eigenvalue weighted by Crippen LogP contribution is -2.01. The predicted octanol–water partition coefficient (Wildman–Crippen LogP) is 4.75. The van der Waals surface area contributed by atoms with Crippen molar-refractivity contribution in [1.82, 2.24) is 19.4 Å². The Morgan fingerprint density at radius 3 is 2.72 bits per heavy atom. The van der Waals surface area contributed by atoms with E-state index in [0.717, 1.165) is 45.5 Å². The van der Waals surface area contributed by atoms with Crippen LogP contribution >= 0.6 is 23.8 Å². The summed E-state index contributed by atoms with van der Waals surface area (Å²) < 4.78 is 4.32. The van der Waals surface area contributed by atoms with Gasteiger partial charge in [-0.15, -0.1) is 0 Å². The molecule has 1 N–H and O–H groups in total. The topological polar surface area (TPSA) is 50.9 Å². The van der Waals surface area contributed by atoms with Crippen molar-refractivity contribution in [3.05, 3.63) is 62.4 Å². The number of rotatable bonds is 4. The van der Waals surface area contributed by atoms with Gasteiger partial charge in [-0.05, 0) is 56.8 Å². The second-order valence-corrected chi connectivity index (χ2v) is 6.74. The number of aromatic nitrogens is 4. The lowest BCUT2D eigenvalue weighted by Gasteiger charge is -2.11. The van der Waals surface area contributed by atoms with E-state index in [1.54, 1.807) is 4.68 Å². The van der Waals surface area contributed by atoms with E-state index >= 15 is 0 Å². The molecule has 2 aromatic heterocycles. The minimum absolute atomic E-state index is 0.493. The van der Waals surface area contributed by atoms with Gasteiger partial charge in [0.1, 0.15) is 0 Å². The van der Waals surface area contributed by atoms with Gasteiger partial charge in [-0.3, -0.25) is 5.10 Å². The minimum Gasteiger partial charge on any atom is -0.318 e. The molecule has 0 spiro atoms. The molecule has 0 aliphatic carbocycles. The summed E-state index contributed by atoms with van der Waals surface area (Å²) in [6.45, 7) is 8.15. The van der Waals surface area contributed by atoms with Crippen LogP contribution in [0, 0.1) is 25.5 Å². The first kappa shape index (κ1) is 17.6. The molecule has 0 fully saturated rings. The number of aromatic amines is 1. The Labute approximate surface area is 157 Å². The molecule has 0 bridgehead atoms. The quantitative estimate of drug-likeness (QED) is 0.529. The van der Waals surface area contributed by atoms with Gasteiger partial charge in [0.25, 0.3) is 0 Å². The van der Waals surface area contributed by atoms with Gasteiger partial charge in [-0.25, -0.2) is 0 Å². The zero-order valence-electron chi connectivity index (χ0n) is 14.7. The van der Waals surface area contributed by atoms with Crippen molar-refractivity contribution in [3.8, 4) is 5.69 Å². The van der Waals surface area contributed by atoms with Crippen LogP contribution in [-0.2, 0) is 6.42 Å². The molecule has 1 aromatic carbocycles. The Balaban J connectivity index is 2.02. The van der Waals surface area contributed by atoms with Gasteiger partial charge in [0.15, 0.2) is 5.82 Å². The predicted molar refractivity (Wildman–Crippen MR) is 105 cm³/mol. The Hall–Kier alpha value is -2.18. The maximum Gasteiger partial charge on any atom is 0.216 e. The molecule has 5 nitrogen and oxygen atoms in total. The molecular weight excluding hydrogens is 354 g/mol. The molecule has 0 saturated heterocycles. The van der Waals surface area contributed by atoms with Crippen LogP contribution in [0.3, 0.4) is 0 Å². The molecule has 0 aliphatic rings. The highest BCUT2D eigenvalue weighted by Crippen LogP contribution is 2.24. The van der Waals surface area contributed by atoms with E-state index in [-0.39, 0.29) is 0 Å². The van der Waals surface area contributed by atoms with Crippen LogP contribution in [0.2, 0.25) is 5.02 Å². The Kier molecular flexibility index (Phi) is 4.92. The van der Waals surface area contributed by atoms with E-state index in [4.69, 9.17) is 23.8 Å². The van der Waals surface area contributed by atoms with Crippen LogP contribution in [0.15, 0.2) is 29.4 Å². The maximum atomic E-state index is 6.29. The first-order valence-corrected chi connectivity index (χ1v) is 8.87. The molecule has 0 atom stereocenters. The number of aryl methyl sites for hydroxylation is 3. The lowest BCUT2D eigenvalue weighted by atomic mass is 10.2. The van der Waals surface area contributed by atoms with E-state index in [9.17, 15) is 0 Å². The molecule has 0 amide bonds. The molecule has 130 valence electrons. The third-order valence-corrected chi connectivity index (χ3v) is 4.90. The van der Waals surface area contributed by atoms with Crippen LogP contribution in [-0.4, -0.2) is 25.7 Å². The SMILES string of the molecule is CCc1n[nH]c(=S)n1/N=C\c1cc(C)n(-c2ccc(C)c(Cl)c2)c1C. The number of hydrogen-bond donors (Lipinski definition) is 1. The fraction of sp³-hybridized carbons (Fsp3) is 0.278. The van der Waals surface area contributed by atoms with Gasteiger partial charge in [0, 0.05) is 34.1 Å². The third kappa shape index (κ3) is 3.32. The van der Waals surface area contributed by atoms with Gasteiger partial charge in [-0.2, -0.15) is 14.9 Å². The number of benzene rings is 1. The summed E-state index contributed by atoms with van der Waals surface area (Å²) in [6, 6.07) is 8.19. The number of halogens is 1. The Morgan fingerprint density at radius 2 is 2.04 bits per heavy atom. The third-order valence-electron chi connectivity index (χ3n) is 4.23. The van der Waals surface area contributed by atoms with E-state index in [0.29, 0.717) is 4.77 Å². The van der Waals surface area contributed by atoms with Gasteiger partial charge in [-0.1, -0.05) is 24.6 Å². The summed E-state index contributed by atoms with van der Waals surface area (Å²) in [6.07, 6.45) is 2.57. The summed E-state index contributed by atoms with van der Waals surface area (Å²) >= 11 is 11.5. The molecule has 2 heterocycles. The summed E-state index contributed by atoms with van der Waals surface area (Å²) in [4.78, 5) is 0. The van der Waals surface area contributed by atoms with E-state index in [1.165, 1.54) is 0 Å². The monoisotopic (exact) mass is 373 g/mol. The number of nitrogens with one attached hydrogen (secondary N) is 1. The van der Waals surface area contributed by atoms with Crippen molar-refractivity contribution in [3.63, 3.8) is 0 Å². The molecule has 7 heteroatoms. The zero-order valence-corrected chi connectivity index (χ0v) is 16.2. The van der Waals surface area contributed by atoms with Crippen molar-refractivity contribution in [2.75, 3.05) is 0 Å². The van der Waals surface area contributed by atoms with Crippen LogP contribution in [0.5, 0.6) is 0 Å². The molecule has 0 saturated carbocycles. The van der Waals surface area contributed by atoms with Crippen LogP contribution < -0.4 is 0 Å². The first-order chi connectivity index (χ1) is 11.9. The largest absolute Gasteiger partial charge is 0.318 e. The Morgan fingerprint density at radius 1 is 1.28 bits per heavy atom. The summed E-state index contributed by atoms with van der Waals surface area (Å²) in [5.41, 5.74) is 5.34. The standard InChI is InChI=1S/C18H20ClN5S/c1-5-17-21-22-18(25)24(17)20-10-14-8-12(3)23(13(14)4)15-7-6-11(2)16(19)9-15/h6-10H,5H2,1-4H3,(H,22,25)/b20-10-. The maximum absolute atomic E-state index is 6.29. The normalized spacial score (nSPS) is 11.6. The van der Waals surface area contributed by atoms with Gasteiger partial charge >= 0.3 is 0 Å². The molecule has 0 radical (unpaired) electrons. The van der Waals surface area contributed by atoms with Crippen molar-refractivity contribution in [2.45, 2.75) is 34.1 Å². The fourth-order valence-electron chi connectivity index (χ4n) is 2.83. The number of H-pyrrole nitrogens is 1. The summed E-state index contributed by atoms with van der Waals surface area (Å²) in [5, 5.41) is 12.2. The number of hydrogen-bond acceptors (Lipinski definition) is 3. The number of nitrogens with zero attached hydrogens (tertiary/aromatic N) is 4. The van der Waals surface area contributed by atoms with Crippen LogP contribution in [0.1, 0.15) is 35.3 Å². The van der Waals surface area contributed by atoms with Crippen molar-refractivity contribution < 1.29 is 0 Å². The lowest BCUT2D eigenvalue weighted by molar-refractivity contribution is 0.780. The molecular formula is C18H20ClN5S. The van der Waals surface area contributed by atoms with Crippen molar-refractivity contribution >= 4 is 30.0 Å². The summed E-state index contributed by atoms with van der Waals surface area (Å²) in [7, 11) is 0. The smallest absolute Gasteiger partial charge is 0.216 e. The summed E-state index contributed by atoms with van der Waals surface area (Å²) in [5.74, 6) is 0.806. The molecule has 3 rings (SSSR count). The van der Waals surface area contributed by atoms with Crippen LogP contribution in [0.4, 0.5) is 0 Å². The van der Waals surface area contributed by atoms with E-state index in [1.807, 2.05) is 32.2 Å². The molecule has 0 aliphatic heterocycles. The van der Waals surface area contributed by atoms with E-state index in [2.05, 4.69) is 45.8 Å². The average Bonchev–Trinajstić information content (AvgIpc) is 3.07. The second-order valence-electron chi connectivity index (χ2n) is 5.95. The van der Waals surface area contributed by atoms with Crippen LogP contribution in [0.25, 0.3) is 5.69 Å². The molecule has 0 unspecified atom stereocenters. The first-order valence-electron chi connectivity index (χ1n) is 8.08. The molecule has 25 heavy (non-hydrogen) atoms. The highest BCUT2D eigenvalue weighted by atomic mass is 35.5. The van der Waals surface area contributed by atoms with Crippen molar-refractivity contribution in [1.29, 1.82) is 0 Å². The Bertz CT molecular complexity index is 1010. The second kappa shape index (κ2) is 6.98. The highest BCUT2D eigenvalue weighted by molar-refractivity contribution is 7.71. The van der Waals surface area contributed by atoms with Crippen molar-refractivity contribution in [2.24, 2.45) is 5.10 Å². The van der Waals surface area contributed by atoms with Gasteiger partial charge in [0.05, 0.1) is 6.21 Å². The van der Waals surface area contributed by atoms with E-state index < -0.39 is 0 Å². The zero-order chi connectivity index (χ0) is 18.1. The fourth-order valence-corrected chi connectivity index (χ4v) is 3.20.